The summed E-state index contributed by atoms with van der Waals surface area (Å²) in [7, 11) is -0.848. The van der Waals surface area contributed by atoms with E-state index in [1.165, 1.54) is 50.4 Å². The molecule has 0 spiro atoms. The molecule has 3 aromatic carbocycles. The van der Waals surface area contributed by atoms with Gasteiger partial charge in [0.1, 0.15) is 22.1 Å². The number of hydrogen-bond acceptors (Lipinski definition) is 8. The van der Waals surface area contributed by atoms with Gasteiger partial charge in [-0.2, -0.15) is 26.3 Å². The number of alkyl halides is 6. The van der Waals surface area contributed by atoms with Crippen molar-refractivity contribution in [2.45, 2.75) is 48.1 Å². The highest BCUT2D eigenvalue weighted by molar-refractivity contribution is 7.93. The summed E-state index contributed by atoms with van der Waals surface area (Å²) in [6, 6.07) is 11.3. The summed E-state index contributed by atoms with van der Waals surface area (Å²) in [5, 5.41) is 0.0907. The number of nitrogens with zero attached hydrogens (tertiary/aromatic N) is 3. The third kappa shape index (κ3) is 7.28. The molecule has 2 aliphatic heterocycles. The molecule has 2 amide bonds. The van der Waals surface area contributed by atoms with Crippen molar-refractivity contribution in [1.29, 1.82) is 0 Å². The SMILES string of the molecule is COc1ccccc1C1(N2CCCC[C@H]2C(=O)N(C)C)C(=O)N(S(=O)(=O)c2ccc(OCC(F)(F)F)cc2OCC(F)(F)F)c2ccc(Cl)cc21. The number of para-hydroxylation sites is 1. The van der Waals surface area contributed by atoms with E-state index in [9.17, 15) is 39.6 Å². The van der Waals surface area contributed by atoms with Crippen LogP contribution in [0.3, 0.4) is 0 Å². The van der Waals surface area contributed by atoms with Gasteiger partial charge in [0.05, 0.1) is 18.8 Å². The van der Waals surface area contributed by atoms with Crippen LogP contribution in [0, 0.1) is 0 Å². The molecule has 2 aliphatic rings. The topological polar surface area (TPSA) is 106 Å². The molecular formula is C33H32ClF6N3O7S. The Morgan fingerprint density at radius 1 is 0.922 bits per heavy atom. The van der Waals surface area contributed by atoms with Gasteiger partial charge in [0.25, 0.3) is 15.9 Å². The summed E-state index contributed by atoms with van der Waals surface area (Å²) in [4.78, 5) is 31.0. The van der Waals surface area contributed by atoms with Gasteiger partial charge in [-0.15, -0.1) is 0 Å². The fourth-order valence-electron chi connectivity index (χ4n) is 6.44. The molecule has 276 valence electrons. The van der Waals surface area contributed by atoms with E-state index >= 15 is 4.79 Å². The van der Waals surface area contributed by atoms with E-state index < -0.39 is 69.5 Å². The van der Waals surface area contributed by atoms with Crippen LogP contribution in [0.5, 0.6) is 17.2 Å². The number of ether oxygens (including phenoxy) is 3. The average molecular weight is 764 g/mol. The van der Waals surface area contributed by atoms with Crippen LogP contribution in [0.25, 0.3) is 0 Å². The van der Waals surface area contributed by atoms with Crippen molar-refractivity contribution >= 4 is 39.1 Å². The molecule has 0 bridgehead atoms. The Hall–Kier alpha value is -4.22. The number of piperidine rings is 1. The zero-order valence-electron chi connectivity index (χ0n) is 27.3. The number of carbonyl (C=O) groups is 2. The first-order chi connectivity index (χ1) is 23.8. The Bertz CT molecular complexity index is 1930. The number of methoxy groups -OCH3 is 1. The first kappa shape index (κ1) is 38.0. The lowest BCUT2D eigenvalue weighted by atomic mass is 9.78. The summed E-state index contributed by atoms with van der Waals surface area (Å²) in [5.41, 5.74) is -2.15. The van der Waals surface area contributed by atoms with Gasteiger partial charge in [-0.1, -0.05) is 36.2 Å². The number of hydrogen-bond donors (Lipinski definition) is 0. The third-order valence-electron chi connectivity index (χ3n) is 8.44. The van der Waals surface area contributed by atoms with Gasteiger partial charge in [0.15, 0.2) is 18.8 Å². The molecule has 0 saturated carbocycles. The molecule has 51 heavy (non-hydrogen) atoms. The van der Waals surface area contributed by atoms with Crippen LogP contribution in [0.1, 0.15) is 30.4 Å². The standard InChI is InChI=1S/C33H32ClF6N3O7S/c1-41(2)29(44)25-9-6-7-15-42(25)33(22-8-4-5-10-26(22)48-3)23-16-20(34)11-13-24(23)43(30(33)45)51(46,47)28-14-12-21(49-18-31(35,36)37)17-27(28)50-19-32(38,39)40/h4-5,8,10-14,16-17,25H,6-7,9,15,18-19H2,1-3H3/t25-,33?/m0/s1. The van der Waals surface area contributed by atoms with Gasteiger partial charge in [0, 0.05) is 42.9 Å². The Morgan fingerprint density at radius 3 is 2.24 bits per heavy atom. The maximum absolute atomic E-state index is 15.3. The number of sulfonamides is 1. The number of fused-ring (bicyclic) bond motifs is 1. The third-order valence-corrected chi connectivity index (χ3v) is 10.4. The van der Waals surface area contributed by atoms with Crippen LogP contribution in [-0.2, 0) is 25.2 Å². The van der Waals surface area contributed by atoms with Crippen LogP contribution in [0.4, 0.5) is 32.0 Å². The molecule has 1 saturated heterocycles. The first-order valence-electron chi connectivity index (χ1n) is 15.4. The second kappa shape index (κ2) is 14.1. The number of anilines is 1. The highest BCUT2D eigenvalue weighted by Crippen LogP contribution is 2.55. The minimum atomic E-state index is -5.26. The number of likely N-dealkylation sites (tertiary alicyclic amines) is 1. The molecule has 0 aliphatic carbocycles. The Kier molecular flexibility index (Phi) is 10.5. The second-order valence-electron chi connectivity index (χ2n) is 12.0. The number of benzene rings is 3. The first-order valence-corrected chi connectivity index (χ1v) is 17.2. The predicted octanol–water partition coefficient (Wildman–Crippen LogP) is 6.15. The molecule has 0 N–H and O–H groups in total. The van der Waals surface area contributed by atoms with Gasteiger partial charge in [-0.05, 0) is 49.2 Å². The molecular weight excluding hydrogens is 732 g/mol. The van der Waals surface area contributed by atoms with Gasteiger partial charge in [-0.3, -0.25) is 14.5 Å². The van der Waals surface area contributed by atoms with Crippen LogP contribution in [-0.4, -0.2) is 89.4 Å². The molecule has 3 aromatic rings. The summed E-state index contributed by atoms with van der Waals surface area (Å²) in [6.07, 6.45) is -8.42. The molecule has 2 atom stereocenters. The minimum absolute atomic E-state index is 0.0365. The largest absolute Gasteiger partial charge is 0.496 e. The Morgan fingerprint density at radius 2 is 1.59 bits per heavy atom. The van der Waals surface area contributed by atoms with Gasteiger partial charge >= 0.3 is 12.4 Å². The van der Waals surface area contributed by atoms with Crippen molar-refractivity contribution in [3.8, 4) is 17.2 Å². The van der Waals surface area contributed by atoms with Crippen molar-refractivity contribution in [3.63, 3.8) is 0 Å². The monoisotopic (exact) mass is 763 g/mol. The fourth-order valence-corrected chi connectivity index (χ4v) is 8.19. The lowest BCUT2D eigenvalue weighted by Crippen LogP contribution is -2.62. The van der Waals surface area contributed by atoms with Crippen molar-refractivity contribution in [2.75, 3.05) is 45.3 Å². The molecule has 1 unspecified atom stereocenters. The summed E-state index contributed by atoms with van der Waals surface area (Å²) in [6.45, 7) is -3.73. The highest BCUT2D eigenvalue weighted by Gasteiger charge is 2.62. The van der Waals surface area contributed by atoms with Crippen LogP contribution in [0.2, 0.25) is 5.02 Å². The van der Waals surface area contributed by atoms with Crippen molar-refractivity contribution in [1.82, 2.24) is 9.80 Å². The predicted molar refractivity (Wildman–Crippen MR) is 172 cm³/mol. The average Bonchev–Trinajstić information content (AvgIpc) is 3.33. The summed E-state index contributed by atoms with van der Waals surface area (Å²) in [5.74, 6) is -3.03. The second-order valence-corrected chi connectivity index (χ2v) is 14.2. The number of likely N-dealkylation sites (N-methyl/N-ethyl adjacent to an activating group) is 1. The van der Waals surface area contributed by atoms with Crippen LogP contribution in [0.15, 0.2) is 65.6 Å². The quantitative estimate of drug-likeness (QED) is 0.227. The van der Waals surface area contributed by atoms with Crippen LogP contribution >= 0.6 is 11.6 Å². The molecule has 18 heteroatoms. The van der Waals surface area contributed by atoms with E-state index in [0.717, 1.165) is 6.07 Å². The number of rotatable bonds is 10. The molecule has 10 nitrogen and oxygen atoms in total. The van der Waals surface area contributed by atoms with E-state index in [-0.39, 0.29) is 40.0 Å². The van der Waals surface area contributed by atoms with Crippen molar-refractivity contribution in [3.05, 3.63) is 76.8 Å². The van der Waals surface area contributed by atoms with Crippen molar-refractivity contribution in [2.24, 2.45) is 0 Å². The zero-order chi connectivity index (χ0) is 37.5. The maximum Gasteiger partial charge on any atom is 0.422 e. The Balaban J connectivity index is 1.78. The van der Waals surface area contributed by atoms with E-state index in [0.29, 0.717) is 35.7 Å². The lowest BCUT2D eigenvalue weighted by Gasteiger charge is -2.47. The van der Waals surface area contributed by atoms with Crippen LogP contribution < -0.4 is 18.5 Å². The normalized spacial score (nSPS) is 19.8. The van der Waals surface area contributed by atoms with E-state index in [1.807, 2.05) is 0 Å². The molecule has 5 rings (SSSR count). The molecule has 2 heterocycles. The summed E-state index contributed by atoms with van der Waals surface area (Å²) >= 11 is 6.49. The van der Waals surface area contributed by atoms with Crippen molar-refractivity contribution < 1.29 is 58.6 Å². The zero-order valence-corrected chi connectivity index (χ0v) is 28.9. The van der Waals surface area contributed by atoms with E-state index in [1.54, 1.807) is 23.1 Å². The number of amides is 2. The highest BCUT2D eigenvalue weighted by atomic mass is 35.5. The summed E-state index contributed by atoms with van der Waals surface area (Å²) < 4.78 is 124. The molecule has 1 fully saturated rings. The smallest absolute Gasteiger partial charge is 0.422 e. The Labute approximate surface area is 294 Å². The fraction of sp³-hybridized carbons (Fsp3) is 0.394. The molecule has 0 radical (unpaired) electrons. The molecule has 0 aromatic heterocycles. The van der Waals surface area contributed by atoms with E-state index in [2.05, 4.69) is 4.74 Å². The minimum Gasteiger partial charge on any atom is -0.496 e. The van der Waals surface area contributed by atoms with Gasteiger partial charge < -0.3 is 19.1 Å². The number of carbonyl (C=O) groups excluding carboxylic acids is 2. The lowest BCUT2D eigenvalue weighted by molar-refractivity contribution is -0.154. The maximum atomic E-state index is 15.3. The van der Waals surface area contributed by atoms with Gasteiger partial charge in [-0.25, -0.2) is 12.7 Å². The number of halogens is 7. The van der Waals surface area contributed by atoms with E-state index in [4.69, 9.17) is 21.1 Å². The van der Waals surface area contributed by atoms with Gasteiger partial charge in [0.2, 0.25) is 5.91 Å².